The standard InChI is InChI=1S/C20H21FN4O2/c21-14-7-5-13(6-8-14)12-22-20(26)23-19-17-10-9-16(11-18(17)24-25-19)27-15-3-1-2-4-15/h5-11,15H,1-4,12H2,(H3,22,23,24,25,26). The molecule has 0 unspecified atom stereocenters. The van der Waals surface area contributed by atoms with Crippen LogP contribution in [0.5, 0.6) is 5.75 Å². The number of rotatable bonds is 5. The first-order valence-corrected chi connectivity index (χ1v) is 9.11. The van der Waals surface area contributed by atoms with E-state index in [1.807, 2.05) is 18.2 Å². The van der Waals surface area contributed by atoms with Gasteiger partial charge in [0.25, 0.3) is 0 Å². The van der Waals surface area contributed by atoms with Crippen LogP contribution >= 0.6 is 0 Å². The van der Waals surface area contributed by atoms with E-state index < -0.39 is 0 Å². The average Bonchev–Trinajstić information content (AvgIpc) is 3.31. The van der Waals surface area contributed by atoms with Crippen molar-refractivity contribution >= 4 is 22.8 Å². The van der Waals surface area contributed by atoms with Gasteiger partial charge in [0, 0.05) is 18.0 Å². The highest BCUT2D eigenvalue weighted by Gasteiger charge is 2.17. The number of aromatic amines is 1. The Morgan fingerprint density at radius 3 is 2.74 bits per heavy atom. The van der Waals surface area contributed by atoms with Crippen molar-refractivity contribution in [2.24, 2.45) is 0 Å². The molecule has 7 heteroatoms. The zero-order chi connectivity index (χ0) is 18.6. The van der Waals surface area contributed by atoms with E-state index in [-0.39, 0.29) is 11.8 Å². The highest BCUT2D eigenvalue weighted by molar-refractivity contribution is 5.99. The first-order valence-electron chi connectivity index (χ1n) is 9.11. The zero-order valence-corrected chi connectivity index (χ0v) is 14.8. The van der Waals surface area contributed by atoms with Crippen molar-refractivity contribution in [2.75, 3.05) is 5.32 Å². The van der Waals surface area contributed by atoms with Gasteiger partial charge in [-0.05, 0) is 55.5 Å². The number of halogens is 1. The van der Waals surface area contributed by atoms with Gasteiger partial charge in [0.2, 0.25) is 0 Å². The molecule has 1 saturated carbocycles. The van der Waals surface area contributed by atoms with Gasteiger partial charge in [0.15, 0.2) is 5.82 Å². The van der Waals surface area contributed by atoms with Gasteiger partial charge in [-0.25, -0.2) is 9.18 Å². The second kappa shape index (κ2) is 7.65. The van der Waals surface area contributed by atoms with E-state index in [0.717, 1.165) is 35.1 Å². The van der Waals surface area contributed by atoms with Gasteiger partial charge >= 0.3 is 6.03 Å². The minimum absolute atomic E-state index is 0.292. The molecule has 0 spiro atoms. The van der Waals surface area contributed by atoms with E-state index in [9.17, 15) is 9.18 Å². The first-order chi connectivity index (χ1) is 13.2. The van der Waals surface area contributed by atoms with E-state index in [1.165, 1.54) is 25.0 Å². The highest BCUT2D eigenvalue weighted by Crippen LogP contribution is 2.28. The number of ether oxygens (including phenoxy) is 1. The normalized spacial score (nSPS) is 14.4. The molecule has 0 aliphatic heterocycles. The highest BCUT2D eigenvalue weighted by atomic mass is 19.1. The fourth-order valence-electron chi connectivity index (χ4n) is 3.30. The van der Waals surface area contributed by atoms with E-state index in [2.05, 4.69) is 20.8 Å². The lowest BCUT2D eigenvalue weighted by Crippen LogP contribution is -2.28. The molecule has 6 nitrogen and oxygen atoms in total. The molecule has 2 aromatic carbocycles. The summed E-state index contributed by atoms with van der Waals surface area (Å²) in [5.74, 6) is 0.960. The molecule has 3 N–H and O–H groups in total. The van der Waals surface area contributed by atoms with Gasteiger partial charge in [-0.2, -0.15) is 5.10 Å². The molecule has 3 aromatic rings. The third-order valence-electron chi connectivity index (χ3n) is 4.74. The minimum Gasteiger partial charge on any atom is -0.490 e. The Balaban J connectivity index is 1.38. The summed E-state index contributed by atoms with van der Waals surface area (Å²) in [5, 5.41) is 13.4. The molecule has 1 fully saturated rings. The van der Waals surface area contributed by atoms with Crippen molar-refractivity contribution in [3.8, 4) is 5.75 Å². The molecule has 1 aromatic heterocycles. The van der Waals surface area contributed by atoms with Crippen LogP contribution in [0.4, 0.5) is 15.0 Å². The summed E-state index contributed by atoms with van der Waals surface area (Å²) in [6.07, 6.45) is 4.93. The summed E-state index contributed by atoms with van der Waals surface area (Å²) in [7, 11) is 0. The maximum absolute atomic E-state index is 12.9. The van der Waals surface area contributed by atoms with Crippen molar-refractivity contribution in [1.82, 2.24) is 15.5 Å². The number of carbonyl (C=O) groups excluding carboxylic acids is 1. The number of nitrogens with zero attached hydrogens (tertiary/aromatic N) is 1. The minimum atomic E-state index is -0.376. The second-order valence-corrected chi connectivity index (χ2v) is 6.74. The summed E-state index contributed by atoms with van der Waals surface area (Å²) in [6, 6.07) is 11.3. The van der Waals surface area contributed by atoms with Crippen LogP contribution < -0.4 is 15.4 Å². The first kappa shape index (κ1) is 17.3. The van der Waals surface area contributed by atoms with E-state index in [1.54, 1.807) is 12.1 Å². The molecule has 4 rings (SSSR count). The van der Waals surface area contributed by atoms with Gasteiger partial charge in [-0.3, -0.25) is 10.4 Å². The van der Waals surface area contributed by atoms with Gasteiger partial charge < -0.3 is 10.1 Å². The lowest BCUT2D eigenvalue weighted by atomic mass is 10.2. The number of anilines is 1. The molecular formula is C20H21FN4O2. The SMILES string of the molecule is O=C(NCc1ccc(F)cc1)Nc1n[nH]c2cc(OC3CCCC3)ccc12. The Bertz CT molecular complexity index is 933. The van der Waals surface area contributed by atoms with Gasteiger partial charge in [-0.1, -0.05) is 12.1 Å². The predicted molar refractivity (Wildman–Crippen MR) is 101 cm³/mol. The lowest BCUT2D eigenvalue weighted by Gasteiger charge is -2.12. The van der Waals surface area contributed by atoms with Crippen LogP contribution in [0, 0.1) is 5.82 Å². The number of carbonyl (C=O) groups is 1. The Morgan fingerprint density at radius 1 is 1.19 bits per heavy atom. The largest absolute Gasteiger partial charge is 0.490 e. The number of benzene rings is 2. The van der Waals surface area contributed by atoms with Crippen molar-refractivity contribution in [3.05, 3.63) is 53.8 Å². The fraction of sp³-hybridized carbons (Fsp3) is 0.300. The van der Waals surface area contributed by atoms with E-state index in [0.29, 0.717) is 18.5 Å². The predicted octanol–water partition coefficient (Wildman–Crippen LogP) is 4.35. The Hall–Kier alpha value is -3.09. The molecule has 1 aliphatic rings. The monoisotopic (exact) mass is 368 g/mol. The van der Waals surface area contributed by atoms with E-state index in [4.69, 9.17) is 4.74 Å². The van der Waals surface area contributed by atoms with Crippen LogP contribution in [-0.2, 0) is 6.54 Å². The summed E-state index contributed by atoms with van der Waals surface area (Å²) in [6.45, 7) is 0.299. The molecule has 140 valence electrons. The summed E-state index contributed by atoms with van der Waals surface area (Å²) in [4.78, 5) is 12.1. The van der Waals surface area contributed by atoms with Crippen LogP contribution in [0.15, 0.2) is 42.5 Å². The molecule has 0 atom stereocenters. The fourth-order valence-corrected chi connectivity index (χ4v) is 3.30. The number of hydrogen-bond acceptors (Lipinski definition) is 3. The quantitative estimate of drug-likeness (QED) is 0.627. The molecule has 0 saturated heterocycles. The summed E-state index contributed by atoms with van der Waals surface area (Å²) < 4.78 is 18.9. The third-order valence-corrected chi connectivity index (χ3v) is 4.74. The Morgan fingerprint density at radius 2 is 1.96 bits per heavy atom. The number of aromatic nitrogens is 2. The molecule has 27 heavy (non-hydrogen) atoms. The topological polar surface area (TPSA) is 79.0 Å². The van der Waals surface area contributed by atoms with Crippen LogP contribution in [-0.4, -0.2) is 22.3 Å². The Kier molecular flexibility index (Phi) is 4.91. The van der Waals surface area contributed by atoms with Crippen molar-refractivity contribution in [2.45, 2.75) is 38.3 Å². The molecule has 1 heterocycles. The lowest BCUT2D eigenvalue weighted by molar-refractivity contribution is 0.210. The molecule has 1 aliphatic carbocycles. The second-order valence-electron chi connectivity index (χ2n) is 6.74. The smallest absolute Gasteiger partial charge is 0.320 e. The van der Waals surface area contributed by atoms with Crippen LogP contribution in [0.3, 0.4) is 0 Å². The number of H-pyrrole nitrogens is 1. The van der Waals surface area contributed by atoms with Crippen molar-refractivity contribution < 1.29 is 13.9 Å². The van der Waals surface area contributed by atoms with Crippen LogP contribution in [0.25, 0.3) is 10.9 Å². The van der Waals surface area contributed by atoms with Crippen molar-refractivity contribution in [1.29, 1.82) is 0 Å². The number of urea groups is 1. The number of nitrogens with one attached hydrogen (secondary N) is 3. The number of fused-ring (bicyclic) bond motifs is 1. The van der Waals surface area contributed by atoms with Crippen LogP contribution in [0.2, 0.25) is 0 Å². The summed E-state index contributed by atoms with van der Waals surface area (Å²) >= 11 is 0. The van der Waals surface area contributed by atoms with E-state index >= 15 is 0 Å². The zero-order valence-electron chi connectivity index (χ0n) is 14.8. The summed E-state index contributed by atoms with van der Waals surface area (Å²) in [5.41, 5.74) is 1.62. The Labute approximate surface area is 156 Å². The average molecular weight is 368 g/mol. The van der Waals surface area contributed by atoms with Gasteiger partial charge in [0.05, 0.1) is 11.6 Å². The number of amides is 2. The third kappa shape index (κ3) is 4.19. The van der Waals surface area contributed by atoms with Gasteiger partial charge in [-0.15, -0.1) is 0 Å². The molecule has 0 radical (unpaired) electrons. The molecular weight excluding hydrogens is 347 g/mol. The molecule has 2 amide bonds. The van der Waals surface area contributed by atoms with Crippen molar-refractivity contribution in [3.63, 3.8) is 0 Å². The number of hydrogen-bond donors (Lipinski definition) is 3. The maximum Gasteiger partial charge on any atom is 0.320 e. The van der Waals surface area contributed by atoms with Crippen LogP contribution in [0.1, 0.15) is 31.2 Å². The maximum atomic E-state index is 12.9. The molecule has 0 bridgehead atoms. The van der Waals surface area contributed by atoms with Gasteiger partial charge in [0.1, 0.15) is 11.6 Å².